The van der Waals surface area contributed by atoms with Gasteiger partial charge in [0.2, 0.25) is 0 Å². The highest BCUT2D eigenvalue weighted by Crippen LogP contribution is 2.25. The van der Waals surface area contributed by atoms with Crippen LogP contribution in [0, 0.1) is 19.8 Å². The first kappa shape index (κ1) is 17.0. The van der Waals surface area contributed by atoms with Crippen LogP contribution in [0.25, 0.3) is 0 Å². The second-order valence-corrected chi connectivity index (χ2v) is 6.56. The van der Waals surface area contributed by atoms with Crippen LogP contribution in [0.5, 0.6) is 5.75 Å². The molecule has 1 aliphatic heterocycles. The quantitative estimate of drug-likeness (QED) is 0.744. The lowest BCUT2D eigenvalue weighted by Crippen LogP contribution is -2.34. The van der Waals surface area contributed by atoms with Crippen LogP contribution in [0.2, 0.25) is 0 Å². The molecule has 3 heteroatoms. The minimum absolute atomic E-state index is 0.199. The Kier molecular flexibility index (Phi) is 6.01. The highest BCUT2D eigenvalue weighted by Gasteiger charge is 2.19. The SMILES string of the molecule is CCOc1cc(C)c(C)cc1C(=O)CCN1CCC(C)CC1. The van der Waals surface area contributed by atoms with E-state index in [-0.39, 0.29) is 5.78 Å². The van der Waals surface area contributed by atoms with E-state index in [9.17, 15) is 4.79 Å². The van der Waals surface area contributed by atoms with Gasteiger partial charge >= 0.3 is 0 Å². The second-order valence-electron chi connectivity index (χ2n) is 6.56. The predicted molar refractivity (Wildman–Crippen MR) is 90.9 cm³/mol. The van der Waals surface area contributed by atoms with Crippen molar-refractivity contribution in [2.75, 3.05) is 26.2 Å². The minimum Gasteiger partial charge on any atom is -0.493 e. The Morgan fingerprint density at radius 1 is 1.23 bits per heavy atom. The molecule has 0 bridgehead atoms. The smallest absolute Gasteiger partial charge is 0.167 e. The van der Waals surface area contributed by atoms with Gasteiger partial charge in [-0.25, -0.2) is 0 Å². The Balaban J connectivity index is 2.01. The molecule has 0 aromatic heterocycles. The third-order valence-electron chi connectivity index (χ3n) is 4.73. The molecule has 1 heterocycles. The molecule has 0 atom stereocenters. The van der Waals surface area contributed by atoms with Gasteiger partial charge in [-0.1, -0.05) is 6.92 Å². The first-order valence-corrected chi connectivity index (χ1v) is 8.50. The van der Waals surface area contributed by atoms with Crippen molar-refractivity contribution in [3.63, 3.8) is 0 Å². The summed E-state index contributed by atoms with van der Waals surface area (Å²) in [6.07, 6.45) is 3.08. The number of benzene rings is 1. The van der Waals surface area contributed by atoms with Crippen molar-refractivity contribution in [1.82, 2.24) is 4.90 Å². The van der Waals surface area contributed by atoms with E-state index in [1.54, 1.807) is 0 Å². The van der Waals surface area contributed by atoms with E-state index in [0.717, 1.165) is 42.4 Å². The molecule has 0 aliphatic carbocycles. The standard InChI is InChI=1S/C19H29NO2/c1-5-22-19-13-16(4)15(3)12-17(19)18(21)8-11-20-9-6-14(2)7-10-20/h12-14H,5-11H2,1-4H3. The van der Waals surface area contributed by atoms with Crippen molar-refractivity contribution in [2.45, 2.75) is 47.0 Å². The van der Waals surface area contributed by atoms with Gasteiger partial charge in [0, 0.05) is 13.0 Å². The lowest BCUT2D eigenvalue weighted by molar-refractivity contribution is 0.0949. The fourth-order valence-electron chi connectivity index (χ4n) is 2.96. The van der Waals surface area contributed by atoms with Crippen molar-refractivity contribution in [3.8, 4) is 5.75 Å². The summed E-state index contributed by atoms with van der Waals surface area (Å²) in [7, 11) is 0. The molecule has 0 spiro atoms. The van der Waals surface area contributed by atoms with Crippen molar-refractivity contribution in [2.24, 2.45) is 5.92 Å². The summed E-state index contributed by atoms with van der Waals surface area (Å²) in [6, 6.07) is 3.98. The molecule has 22 heavy (non-hydrogen) atoms. The Hall–Kier alpha value is -1.35. The fraction of sp³-hybridized carbons (Fsp3) is 0.632. The summed E-state index contributed by atoms with van der Waals surface area (Å²) in [5, 5.41) is 0. The number of carbonyl (C=O) groups is 1. The van der Waals surface area contributed by atoms with Gasteiger partial charge in [0.25, 0.3) is 0 Å². The Morgan fingerprint density at radius 3 is 2.50 bits per heavy atom. The molecule has 0 N–H and O–H groups in total. The second kappa shape index (κ2) is 7.77. The number of piperidine rings is 1. The topological polar surface area (TPSA) is 29.5 Å². The summed E-state index contributed by atoms with van der Waals surface area (Å²) >= 11 is 0. The van der Waals surface area contributed by atoms with Crippen LogP contribution < -0.4 is 4.74 Å². The molecule has 1 aromatic carbocycles. The van der Waals surface area contributed by atoms with E-state index in [0.29, 0.717) is 13.0 Å². The number of ether oxygens (including phenoxy) is 1. The molecule has 0 radical (unpaired) electrons. The van der Waals surface area contributed by atoms with Crippen LogP contribution in [0.1, 0.15) is 54.6 Å². The molecular weight excluding hydrogens is 274 g/mol. The zero-order chi connectivity index (χ0) is 16.1. The Morgan fingerprint density at radius 2 is 1.86 bits per heavy atom. The molecule has 3 nitrogen and oxygen atoms in total. The zero-order valence-corrected chi connectivity index (χ0v) is 14.4. The van der Waals surface area contributed by atoms with Crippen LogP contribution in [0.4, 0.5) is 0 Å². The summed E-state index contributed by atoms with van der Waals surface area (Å²) in [6.45, 7) is 12.1. The molecule has 0 unspecified atom stereocenters. The van der Waals surface area contributed by atoms with Gasteiger partial charge in [-0.3, -0.25) is 4.79 Å². The number of aryl methyl sites for hydroxylation is 2. The predicted octanol–water partition coefficient (Wildman–Crippen LogP) is 4.01. The maximum absolute atomic E-state index is 12.6. The van der Waals surface area contributed by atoms with Gasteiger partial charge in [0.15, 0.2) is 5.78 Å². The Labute approximate surface area is 134 Å². The molecule has 1 aliphatic rings. The zero-order valence-electron chi connectivity index (χ0n) is 14.4. The van der Waals surface area contributed by atoms with Crippen LogP contribution in [-0.2, 0) is 0 Å². The van der Waals surface area contributed by atoms with E-state index in [4.69, 9.17) is 4.74 Å². The van der Waals surface area contributed by atoms with E-state index < -0.39 is 0 Å². The van der Waals surface area contributed by atoms with E-state index >= 15 is 0 Å². The molecule has 1 aromatic rings. The van der Waals surface area contributed by atoms with Gasteiger partial charge in [-0.2, -0.15) is 0 Å². The molecule has 1 saturated heterocycles. The Bertz CT molecular complexity index is 516. The molecule has 122 valence electrons. The van der Waals surface area contributed by atoms with Crippen LogP contribution >= 0.6 is 0 Å². The highest BCUT2D eigenvalue weighted by atomic mass is 16.5. The number of likely N-dealkylation sites (tertiary alicyclic amines) is 1. The minimum atomic E-state index is 0.199. The van der Waals surface area contributed by atoms with Crippen molar-refractivity contribution in [3.05, 3.63) is 28.8 Å². The lowest BCUT2D eigenvalue weighted by atomic mass is 9.98. The first-order chi connectivity index (χ1) is 10.5. The average Bonchev–Trinajstić information content (AvgIpc) is 2.50. The maximum Gasteiger partial charge on any atom is 0.167 e. The van der Waals surface area contributed by atoms with Crippen LogP contribution in [-0.4, -0.2) is 36.9 Å². The van der Waals surface area contributed by atoms with Gasteiger partial charge in [0.05, 0.1) is 12.2 Å². The monoisotopic (exact) mass is 303 g/mol. The largest absolute Gasteiger partial charge is 0.493 e. The van der Waals surface area contributed by atoms with Crippen molar-refractivity contribution in [1.29, 1.82) is 0 Å². The maximum atomic E-state index is 12.6. The van der Waals surface area contributed by atoms with Crippen LogP contribution in [0.3, 0.4) is 0 Å². The number of nitrogens with zero attached hydrogens (tertiary/aromatic N) is 1. The fourth-order valence-corrected chi connectivity index (χ4v) is 2.96. The molecular formula is C19H29NO2. The number of rotatable bonds is 6. The van der Waals surface area contributed by atoms with Crippen molar-refractivity contribution < 1.29 is 9.53 Å². The number of ketones is 1. The lowest BCUT2D eigenvalue weighted by Gasteiger charge is -2.29. The molecule has 0 saturated carbocycles. The normalized spacial score (nSPS) is 16.7. The van der Waals surface area contributed by atoms with E-state index in [2.05, 4.69) is 18.7 Å². The van der Waals surface area contributed by atoms with Crippen molar-refractivity contribution >= 4 is 5.78 Å². The first-order valence-electron chi connectivity index (χ1n) is 8.50. The average molecular weight is 303 g/mol. The molecule has 2 rings (SSSR count). The summed E-state index contributed by atoms with van der Waals surface area (Å²) in [5.41, 5.74) is 3.07. The van der Waals surface area contributed by atoms with Crippen LogP contribution in [0.15, 0.2) is 12.1 Å². The van der Waals surface area contributed by atoms with E-state index in [1.165, 1.54) is 18.4 Å². The van der Waals surface area contributed by atoms with Gasteiger partial charge in [0.1, 0.15) is 5.75 Å². The summed E-state index contributed by atoms with van der Waals surface area (Å²) in [5.74, 6) is 1.77. The molecule has 0 amide bonds. The highest BCUT2D eigenvalue weighted by molar-refractivity contribution is 5.99. The van der Waals surface area contributed by atoms with Gasteiger partial charge < -0.3 is 9.64 Å². The third-order valence-corrected chi connectivity index (χ3v) is 4.73. The molecule has 1 fully saturated rings. The number of hydrogen-bond donors (Lipinski definition) is 0. The van der Waals surface area contributed by atoms with E-state index in [1.807, 2.05) is 26.0 Å². The number of carbonyl (C=O) groups excluding carboxylic acids is 1. The number of hydrogen-bond acceptors (Lipinski definition) is 3. The van der Waals surface area contributed by atoms with Gasteiger partial charge in [-0.15, -0.1) is 0 Å². The summed E-state index contributed by atoms with van der Waals surface area (Å²) < 4.78 is 5.67. The third kappa shape index (κ3) is 4.33. The van der Waals surface area contributed by atoms with Gasteiger partial charge in [-0.05, 0) is 75.9 Å². The number of Topliss-reactive ketones (excluding diaryl/α,β-unsaturated/α-hetero) is 1. The summed E-state index contributed by atoms with van der Waals surface area (Å²) in [4.78, 5) is 15.0.